The van der Waals surface area contributed by atoms with E-state index in [0.717, 1.165) is 22.4 Å². The van der Waals surface area contributed by atoms with Crippen LogP contribution < -0.4 is 10.6 Å². The zero-order valence-electron chi connectivity index (χ0n) is 18.0. The molecule has 0 radical (unpaired) electrons. The molecule has 0 spiro atoms. The first kappa shape index (κ1) is 23.8. The fourth-order valence-corrected chi connectivity index (χ4v) is 3.95. The second-order valence-corrected chi connectivity index (χ2v) is 8.61. The SMILES string of the molecule is Cc1cccc(C(=O)Nc2nc3n(n2)C(c2ccc(Cl)cc2)C=C(c2ccc(Cl)cc2)N3)c1.Cl. The van der Waals surface area contributed by atoms with E-state index in [2.05, 4.69) is 26.8 Å². The van der Waals surface area contributed by atoms with Gasteiger partial charge in [0.05, 0.1) is 0 Å². The van der Waals surface area contributed by atoms with Crippen LogP contribution in [-0.4, -0.2) is 20.7 Å². The fraction of sp³-hybridized carbons (Fsp3) is 0.0800. The number of hydrogen-bond donors (Lipinski definition) is 2. The Morgan fingerprint density at radius 2 is 1.68 bits per heavy atom. The number of aryl methyl sites for hydroxylation is 1. The highest BCUT2D eigenvalue weighted by molar-refractivity contribution is 6.30. The second kappa shape index (κ2) is 9.89. The summed E-state index contributed by atoms with van der Waals surface area (Å²) in [6.45, 7) is 1.94. The molecule has 0 fully saturated rings. The smallest absolute Gasteiger partial charge is 0.258 e. The van der Waals surface area contributed by atoms with E-state index in [4.69, 9.17) is 23.2 Å². The molecule has 1 aromatic heterocycles. The van der Waals surface area contributed by atoms with E-state index in [1.807, 2.05) is 73.7 Å². The second-order valence-electron chi connectivity index (χ2n) is 7.74. The maximum Gasteiger partial charge on any atom is 0.258 e. The number of amides is 1. The van der Waals surface area contributed by atoms with Gasteiger partial charge < -0.3 is 5.32 Å². The Morgan fingerprint density at radius 3 is 2.35 bits per heavy atom. The number of hydrogen-bond acceptors (Lipinski definition) is 4. The molecule has 172 valence electrons. The van der Waals surface area contributed by atoms with Gasteiger partial charge in [-0.2, -0.15) is 4.98 Å². The third-order valence-corrected chi connectivity index (χ3v) is 5.84. The molecule has 2 heterocycles. The fourth-order valence-electron chi connectivity index (χ4n) is 3.70. The van der Waals surface area contributed by atoms with E-state index in [-0.39, 0.29) is 30.3 Å². The highest BCUT2D eigenvalue weighted by Crippen LogP contribution is 2.34. The minimum atomic E-state index is -0.268. The summed E-state index contributed by atoms with van der Waals surface area (Å²) in [6.07, 6.45) is 2.06. The summed E-state index contributed by atoms with van der Waals surface area (Å²) < 4.78 is 1.74. The summed E-state index contributed by atoms with van der Waals surface area (Å²) in [5.74, 6) is 0.464. The summed E-state index contributed by atoms with van der Waals surface area (Å²) >= 11 is 12.2. The number of benzene rings is 3. The molecule has 1 aliphatic rings. The van der Waals surface area contributed by atoms with E-state index in [1.165, 1.54) is 0 Å². The highest BCUT2D eigenvalue weighted by Gasteiger charge is 2.26. The van der Waals surface area contributed by atoms with E-state index >= 15 is 0 Å². The maximum absolute atomic E-state index is 12.7. The molecule has 0 saturated heterocycles. The van der Waals surface area contributed by atoms with Crippen molar-refractivity contribution in [3.63, 3.8) is 0 Å². The molecule has 5 rings (SSSR count). The Labute approximate surface area is 213 Å². The number of nitrogens with one attached hydrogen (secondary N) is 2. The zero-order chi connectivity index (χ0) is 22.9. The largest absolute Gasteiger partial charge is 0.324 e. The quantitative estimate of drug-likeness (QED) is 0.322. The monoisotopic (exact) mass is 511 g/mol. The van der Waals surface area contributed by atoms with Crippen molar-refractivity contribution in [3.05, 3.63) is 111 Å². The first-order valence-corrected chi connectivity index (χ1v) is 11.1. The molecule has 3 aromatic carbocycles. The predicted octanol–water partition coefficient (Wildman–Crippen LogP) is 6.62. The van der Waals surface area contributed by atoms with Crippen LogP contribution in [0.5, 0.6) is 0 Å². The van der Waals surface area contributed by atoms with E-state index in [9.17, 15) is 4.79 Å². The van der Waals surface area contributed by atoms with Gasteiger partial charge in [-0.05, 0) is 60.5 Å². The average Bonchev–Trinajstić information content (AvgIpc) is 3.22. The van der Waals surface area contributed by atoms with Crippen LogP contribution in [0.4, 0.5) is 11.9 Å². The Bertz CT molecular complexity index is 1360. The minimum absolute atomic E-state index is 0. The van der Waals surface area contributed by atoms with Crippen molar-refractivity contribution in [1.29, 1.82) is 0 Å². The molecule has 1 unspecified atom stereocenters. The molecule has 0 bridgehead atoms. The highest BCUT2D eigenvalue weighted by atomic mass is 35.5. The van der Waals surface area contributed by atoms with Crippen LogP contribution in [0.1, 0.15) is 33.1 Å². The van der Waals surface area contributed by atoms with Crippen LogP contribution in [0.2, 0.25) is 10.0 Å². The number of halogens is 3. The molecule has 2 N–H and O–H groups in total. The van der Waals surface area contributed by atoms with Crippen LogP contribution in [0, 0.1) is 6.92 Å². The topological polar surface area (TPSA) is 71.8 Å². The predicted molar refractivity (Wildman–Crippen MR) is 139 cm³/mol. The van der Waals surface area contributed by atoms with Gasteiger partial charge in [-0.25, -0.2) is 4.68 Å². The van der Waals surface area contributed by atoms with Crippen LogP contribution in [0.15, 0.2) is 78.9 Å². The molecule has 0 saturated carbocycles. The summed E-state index contributed by atoms with van der Waals surface area (Å²) in [4.78, 5) is 17.3. The Kier molecular flexibility index (Phi) is 6.93. The first-order valence-electron chi connectivity index (χ1n) is 10.3. The Balaban J connectivity index is 0.00000274. The zero-order valence-corrected chi connectivity index (χ0v) is 20.3. The summed E-state index contributed by atoms with van der Waals surface area (Å²) in [5, 5.41) is 12.0. The van der Waals surface area contributed by atoms with Crippen molar-refractivity contribution in [1.82, 2.24) is 14.8 Å². The van der Waals surface area contributed by atoms with Crippen molar-refractivity contribution >= 4 is 59.1 Å². The molecule has 9 heteroatoms. The standard InChI is InChI=1S/C25H19Cl2N5O.ClH/c1-15-3-2-4-18(13-15)23(33)29-24-30-25-28-21(16-5-9-19(26)10-6-16)14-22(32(25)31-24)17-7-11-20(27)12-8-17;/h2-14,22H,1H3,(H2,28,29,30,31,33);1H. The lowest BCUT2D eigenvalue weighted by Crippen LogP contribution is -2.20. The van der Waals surface area contributed by atoms with Gasteiger partial charge in [-0.1, -0.05) is 65.2 Å². The molecule has 0 aliphatic carbocycles. The van der Waals surface area contributed by atoms with Crippen molar-refractivity contribution in [2.75, 3.05) is 10.6 Å². The van der Waals surface area contributed by atoms with Gasteiger partial charge in [0.25, 0.3) is 11.9 Å². The molecule has 1 amide bonds. The molecular formula is C25H20Cl3N5O. The van der Waals surface area contributed by atoms with Crippen LogP contribution in [0.25, 0.3) is 5.70 Å². The molecule has 4 aromatic rings. The normalized spacial score (nSPS) is 14.3. The number of anilines is 2. The van der Waals surface area contributed by atoms with Crippen molar-refractivity contribution in [2.45, 2.75) is 13.0 Å². The van der Waals surface area contributed by atoms with Gasteiger partial charge in [0.1, 0.15) is 6.04 Å². The molecule has 1 aliphatic heterocycles. The third-order valence-electron chi connectivity index (χ3n) is 5.34. The number of rotatable bonds is 4. The van der Waals surface area contributed by atoms with E-state index < -0.39 is 0 Å². The van der Waals surface area contributed by atoms with Crippen molar-refractivity contribution < 1.29 is 4.79 Å². The van der Waals surface area contributed by atoms with Crippen molar-refractivity contribution in [3.8, 4) is 0 Å². The number of carbonyl (C=O) groups excluding carboxylic acids is 1. The molecular weight excluding hydrogens is 493 g/mol. The summed E-state index contributed by atoms with van der Waals surface area (Å²) in [5.41, 5.74) is 4.35. The minimum Gasteiger partial charge on any atom is -0.324 e. The van der Waals surface area contributed by atoms with Gasteiger partial charge in [0.2, 0.25) is 5.95 Å². The molecule has 34 heavy (non-hydrogen) atoms. The van der Waals surface area contributed by atoms with Crippen molar-refractivity contribution in [2.24, 2.45) is 0 Å². The van der Waals surface area contributed by atoms with Gasteiger partial charge in [-0.15, -0.1) is 17.5 Å². The van der Waals surface area contributed by atoms with Crippen LogP contribution in [-0.2, 0) is 0 Å². The Morgan fingerprint density at radius 1 is 1.00 bits per heavy atom. The Hall–Kier alpha value is -3.32. The lowest BCUT2D eigenvalue weighted by atomic mass is 10.0. The first-order chi connectivity index (χ1) is 16.0. The van der Waals surface area contributed by atoms with E-state index in [0.29, 0.717) is 21.6 Å². The number of nitrogens with zero attached hydrogens (tertiary/aromatic N) is 3. The number of carbonyl (C=O) groups is 1. The molecule has 1 atom stereocenters. The number of aromatic nitrogens is 3. The molecule has 6 nitrogen and oxygen atoms in total. The van der Waals surface area contributed by atoms with Gasteiger partial charge >= 0.3 is 0 Å². The summed E-state index contributed by atoms with van der Waals surface area (Å²) in [7, 11) is 0. The van der Waals surface area contributed by atoms with Gasteiger partial charge in [0.15, 0.2) is 0 Å². The van der Waals surface area contributed by atoms with E-state index in [1.54, 1.807) is 10.7 Å². The van der Waals surface area contributed by atoms with Gasteiger partial charge in [-0.3, -0.25) is 10.1 Å². The lowest BCUT2D eigenvalue weighted by Gasteiger charge is -2.24. The van der Waals surface area contributed by atoms with Crippen LogP contribution >= 0.6 is 35.6 Å². The third kappa shape index (κ3) is 4.94. The number of allylic oxidation sites excluding steroid dienone is 1. The lowest BCUT2D eigenvalue weighted by molar-refractivity contribution is 0.102. The van der Waals surface area contributed by atoms with Crippen LogP contribution in [0.3, 0.4) is 0 Å². The van der Waals surface area contributed by atoms with Gasteiger partial charge in [0, 0.05) is 21.3 Å². The average molecular weight is 513 g/mol. The number of fused-ring (bicyclic) bond motifs is 1. The summed E-state index contributed by atoms with van der Waals surface area (Å²) in [6, 6.07) is 22.2. The maximum atomic E-state index is 12.7.